The summed E-state index contributed by atoms with van der Waals surface area (Å²) < 4.78 is 0. The lowest BCUT2D eigenvalue weighted by Gasteiger charge is -2.28. The number of nitrogens with one attached hydrogen (secondary N) is 4. The summed E-state index contributed by atoms with van der Waals surface area (Å²) in [6, 6.07) is 15.1. The van der Waals surface area contributed by atoms with Crippen molar-refractivity contribution in [1.82, 2.24) is 36.0 Å². The number of benzene rings is 2. The Hall–Kier alpha value is -6.65. The van der Waals surface area contributed by atoms with Crippen LogP contribution in [0.2, 0.25) is 0 Å². The van der Waals surface area contributed by atoms with Crippen LogP contribution in [-0.2, 0) is 51.2 Å². The van der Waals surface area contributed by atoms with E-state index in [4.69, 9.17) is 34.4 Å². The number of hydrogen-bond acceptors (Lipinski definition) is 12. The van der Waals surface area contributed by atoms with E-state index in [0.717, 1.165) is 16.0 Å². The van der Waals surface area contributed by atoms with Crippen molar-refractivity contribution in [2.75, 3.05) is 72.0 Å². The van der Waals surface area contributed by atoms with Gasteiger partial charge >= 0.3 is 0 Å². The van der Waals surface area contributed by atoms with E-state index in [1.165, 1.54) is 16.7 Å². The fourth-order valence-electron chi connectivity index (χ4n) is 6.10. The zero-order chi connectivity index (χ0) is 46.7. The summed E-state index contributed by atoms with van der Waals surface area (Å²) in [7, 11) is 0. The van der Waals surface area contributed by atoms with Crippen LogP contribution in [0.15, 0.2) is 65.7 Å². The molecule has 0 spiro atoms. The molecule has 0 unspecified atom stereocenters. The second-order valence-electron chi connectivity index (χ2n) is 14.7. The van der Waals surface area contributed by atoms with Crippen LogP contribution in [0.5, 0.6) is 0 Å². The first kappa shape index (κ1) is 52.5. The van der Waals surface area contributed by atoms with Crippen LogP contribution in [0.3, 0.4) is 0 Å². The fraction of sp³-hybridized carbons (Fsp3) is 0.488. The van der Waals surface area contributed by atoms with E-state index in [0.29, 0.717) is 6.42 Å². The Balaban J connectivity index is 2.13. The van der Waals surface area contributed by atoms with Gasteiger partial charge in [-0.05, 0) is 36.8 Å². The van der Waals surface area contributed by atoms with Crippen molar-refractivity contribution in [3.05, 3.63) is 71.8 Å². The van der Waals surface area contributed by atoms with Gasteiger partial charge in [0.2, 0.25) is 47.3 Å². The number of carbonyl (C=O) groups is 8. The normalized spacial score (nSPS) is 12.1. The highest BCUT2D eigenvalue weighted by Gasteiger charge is 2.27. The lowest BCUT2D eigenvalue weighted by Crippen LogP contribution is -2.53. The highest BCUT2D eigenvalue weighted by atomic mass is 16.2. The molecule has 0 radical (unpaired) electrons. The molecular formula is C41H64N14O8. The average Bonchev–Trinajstić information content (AvgIpc) is 3.23. The minimum atomic E-state index is -1.07. The van der Waals surface area contributed by atoms with E-state index in [1.54, 1.807) is 24.3 Å². The molecule has 8 amide bonds. The van der Waals surface area contributed by atoms with Gasteiger partial charge in [-0.1, -0.05) is 60.7 Å². The van der Waals surface area contributed by atoms with Crippen LogP contribution in [-0.4, -0.2) is 158 Å². The fourth-order valence-corrected chi connectivity index (χ4v) is 6.10. The maximum atomic E-state index is 13.6. The van der Waals surface area contributed by atoms with Crippen molar-refractivity contribution < 1.29 is 38.4 Å². The molecule has 0 saturated heterocycles. The quantitative estimate of drug-likeness (QED) is 0.0209. The van der Waals surface area contributed by atoms with Crippen molar-refractivity contribution in [1.29, 1.82) is 0 Å². The minimum Gasteiger partial charge on any atom is -0.370 e. The van der Waals surface area contributed by atoms with Crippen molar-refractivity contribution in [2.45, 2.75) is 57.2 Å². The van der Waals surface area contributed by atoms with E-state index in [-0.39, 0.29) is 89.9 Å². The number of nitrogens with zero attached hydrogens (tertiary/aromatic N) is 4. The van der Waals surface area contributed by atoms with Crippen LogP contribution in [0.25, 0.3) is 0 Å². The minimum absolute atomic E-state index is 0.00420. The molecule has 0 saturated carbocycles. The second kappa shape index (κ2) is 28.8. The Morgan fingerprint density at radius 1 is 0.556 bits per heavy atom. The lowest BCUT2D eigenvalue weighted by atomic mass is 10.1. The Morgan fingerprint density at radius 3 is 1.32 bits per heavy atom. The molecule has 0 aliphatic rings. The first-order chi connectivity index (χ1) is 30.0. The number of amides is 8. The highest BCUT2D eigenvalue weighted by Crippen LogP contribution is 2.07. The molecule has 0 aliphatic heterocycles. The molecule has 346 valence electrons. The van der Waals surface area contributed by atoms with Crippen molar-refractivity contribution >= 4 is 53.2 Å². The average molecular weight is 881 g/mol. The van der Waals surface area contributed by atoms with E-state index in [1.807, 2.05) is 36.4 Å². The van der Waals surface area contributed by atoms with Gasteiger partial charge in [-0.2, -0.15) is 0 Å². The third-order valence-electron chi connectivity index (χ3n) is 9.31. The van der Waals surface area contributed by atoms with Crippen LogP contribution in [0.4, 0.5) is 0 Å². The van der Waals surface area contributed by atoms with E-state index in [2.05, 4.69) is 26.3 Å². The van der Waals surface area contributed by atoms with Gasteiger partial charge < -0.3 is 70.4 Å². The summed E-state index contributed by atoms with van der Waals surface area (Å²) in [5.41, 5.74) is 36.3. The summed E-state index contributed by atoms with van der Waals surface area (Å²) in [5.74, 6) is -4.57. The molecule has 16 N–H and O–H groups in total. The zero-order valence-corrected chi connectivity index (χ0v) is 35.8. The van der Waals surface area contributed by atoms with Crippen LogP contribution >= 0.6 is 0 Å². The maximum Gasteiger partial charge on any atom is 0.240 e. The first-order valence-corrected chi connectivity index (χ1v) is 20.6. The highest BCUT2D eigenvalue weighted by molar-refractivity contribution is 5.90. The molecule has 3 atom stereocenters. The zero-order valence-electron chi connectivity index (χ0n) is 35.8. The number of hydrogen-bond donors (Lipinski definition) is 10. The van der Waals surface area contributed by atoms with Crippen molar-refractivity contribution in [2.24, 2.45) is 39.4 Å². The van der Waals surface area contributed by atoms with Crippen LogP contribution in [0, 0.1) is 0 Å². The molecular weight excluding hydrogens is 817 g/mol. The van der Waals surface area contributed by atoms with Gasteiger partial charge in [0.25, 0.3) is 0 Å². The largest absolute Gasteiger partial charge is 0.370 e. The summed E-state index contributed by atoms with van der Waals surface area (Å²) in [5, 5.41) is 10.4. The standard InChI is InChI=1S/C41H64N14O8/c1-28(56)48-17-20-54(39(62)32(43)23-29-9-4-2-5-10-29)27-37(60)50-18-21-53(38(61)31(42)13-8-15-52-41(46)47)26-36(59)51-19-22-55(25-35(58)49-16-14-34(45)57)40(63)33(44)24-30-11-6-3-7-12-30/h2-7,9-12,31-33H,8,13-27,42-44H2,1H3,(H2,45,57)(H,48,56)(H,49,58)(H,50,60)(H,51,59)(H4,46,47,52)/t31-,32-,33-/m0/s1. The maximum absolute atomic E-state index is 13.6. The monoisotopic (exact) mass is 881 g/mol. The van der Waals surface area contributed by atoms with Crippen LogP contribution < -0.4 is 55.7 Å². The van der Waals surface area contributed by atoms with Crippen LogP contribution in [0.1, 0.15) is 37.3 Å². The topological polar surface area (TPSA) is 363 Å². The van der Waals surface area contributed by atoms with Gasteiger partial charge in [0.05, 0.1) is 37.8 Å². The third-order valence-corrected chi connectivity index (χ3v) is 9.31. The number of nitrogens with two attached hydrogens (primary N) is 6. The number of aliphatic imine (C=N–C) groups is 1. The molecule has 22 nitrogen and oxygen atoms in total. The van der Waals surface area contributed by atoms with Crippen molar-refractivity contribution in [3.8, 4) is 0 Å². The van der Waals surface area contributed by atoms with Gasteiger partial charge in [0, 0.05) is 65.7 Å². The Kier molecular flexibility index (Phi) is 24.0. The summed E-state index contributed by atoms with van der Waals surface area (Å²) in [6.45, 7) is -0.378. The molecule has 0 aliphatic carbocycles. The molecule has 0 heterocycles. The number of rotatable bonds is 29. The van der Waals surface area contributed by atoms with Crippen molar-refractivity contribution in [3.63, 3.8) is 0 Å². The molecule has 2 aromatic rings. The van der Waals surface area contributed by atoms with Gasteiger partial charge in [0.15, 0.2) is 5.96 Å². The SMILES string of the molecule is CC(=O)NCCN(CC(=O)NCCN(CC(=O)NCCN(CC(=O)NCCC(N)=O)C(=O)[C@@H](N)Cc1ccccc1)C(=O)[C@@H](N)CCCN=C(N)N)C(=O)[C@@H](N)Cc1ccccc1. The number of primary amides is 1. The van der Waals surface area contributed by atoms with Gasteiger partial charge in [-0.25, -0.2) is 0 Å². The summed E-state index contributed by atoms with van der Waals surface area (Å²) >= 11 is 0. The van der Waals surface area contributed by atoms with Gasteiger partial charge in [0.1, 0.15) is 0 Å². The number of guanidine groups is 1. The molecule has 0 fully saturated rings. The number of carbonyl (C=O) groups excluding carboxylic acids is 8. The molecule has 0 aromatic heterocycles. The Bertz CT molecular complexity index is 1830. The summed E-state index contributed by atoms with van der Waals surface area (Å²) in [6.07, 6.45) is 0.801. The van der Waals surface area contributed by atoms with E-state index < -0.39 is 79.1 Å². The first-order valence-electron chi connectivity index (χ1n) is 20.6. The van der Waals surface area contributed by atoms with E-state index >= 15 is 0 Å². The van der Waals surface area contributed by atoms with E-state index in [9.17, 15) is 38.4 Å². The Labute approximate surface area is 367 Å². The predicted molar refractivity (Wildman–Crippen MR) is 235 cm³/mol. The predicted octanol–water partition coefficient (Wildman–Crippen LogP) is -4.65. The van der Waals surface area contributed by atoms with Gasteiger partial charge in [-0.3, -0.25) is 43.3 Å². The van der Waals surface area contributed by atoms with Gasteiger partial charge in [-0.15, -0.1) is 0 Å². The lowest BCUT2D eigenvalue weighted by molar-refractivity contribution is -0.138. The summed E-state index contributed by atoms with van der Waals surface area (Å²) in [4.78, 5) is 110. The molecule has 2 aromatic carbocycles. The molecule has 22 heteroatoms. The Morgan fingerprint density at radius 2 is 0.937 bits per heavy atom. The molecule has 63 heavy (non-hydrogen) atoms. The smallest absolute Gasteiger partial charge is 0.240 e. The molecule has 0 bridgehead atoms. The third kappa shape index (κ3) is 22.1. The second-order valence-corrected chi connectivity index (χ2v) is 14.7. The molecule has 2 rings (SSSR count).